The molecule has 0 aliphatic rings. The van der Waals surface area contributed by atoms with Crippen molar-refractivity contribution in [3.8, 4) is 11.5 Å². The molecule has 0 fully saturated rings. The molecule has 6 nitrogen and oxygen atoms in total. The Labute approximate surface area is 123 Å². The number of carbonyl (C=O) groups is 1. The number of aromatic nitrogens is 2. The van der Waals surface area contributed by atoms with Crippen LogP contribution in [-0.2, 0) is 0 Å². The average molecular weight is 287 g/mol. The van der Waals surface area contributed by atoms with Gasteiger partial charge >= 0.3 is 0 Å². The zero-order chi connectivity index (χ0) is 15.4. The number of amides is 1. The van der Waals surface area contributed by atoms with E-state index in [1.807, 2.05) is 0 Å². The lowest BCUT2D eigenvalue weighted by molar-refractivity contribution is 0.102. The Hall–Kier alpha value is -2.63. The molecule has 21 heavy (non-hydrogen) atoms. The first-order chi connectivity index (χ1) is 10.1. The lowest BCUT2D eigenvalue weighted by atomic mass is 10.1. The number of anilines is 1. The molecule has 110 valence electrons. The Morgan fingerprint density at radius 1 is 1.05 bits per heavy atom. The van der Waals surface area contributed by atoms with E-state index in [1.54, 1.807) is 46.3 Å². The quantitative estimate of drug-likeness (QED) is 0.934. The lowest BCUT2D eigenvalue weighted by Gasteiger charge is -2.12. The number of benzene rings is 1. The van der Waals surface area contributed by atoms with Gasteiger partial charge in [-0.25, -0.2) is 9.97 Å². The predicted molar refractivity (Wildman–Crippen MR) is 79.0 cm³/mol. The molecule has 2 rings (SSSR count). The van der Waals surface area contributed by atoms with E-state index >= 15 is 0 Å². The van der Waals surface area contributed by atoms with E-state index in [9.17, 15) is 4.79 Å². The Bertz CT molecular complexity index is 651. The summed E-state index contributed by atoms with van der Waals surface area (Å²) in [7, 11) is 3.10. The van der Waals surface area contributed by atoms with Crippen LogP contribution in [0.4, 0.5) is 5.69 Å². The van der Waals surface area contributed by atoms with E-state index in [0.717, 1.165) is 0 Å². The van der Waals surface area contributed by atoms with Gasteiger partial charge in [0.15, 0.2) is 11.5 Å². The summed E-state index contributed by atoms with van der Waals surface area (Å²) in [6, 6.07) is 5.18. The highest BCUT2D eigenvalue weighted by molar-refractivity contribution is 6.05. The van der Waals surface area contributed by atoms with Crippen LogP contribution in [-0.4, -0.2) is 30.1 Å². The Kier molecular flexibility index (Phi) is 4.37. The van der Waals surface area contributed by atoms with Gasteiger partial charge in [0.05, 0.1) is 31.2 Å². The molecule has 0 atom stereocenters. The van der Waals surface area contributed by atoms with Crippen LogP contribution in [0.3, 0.4) is 0 Å². The number of carbonyl (C=O) groups excluding carboxylic acids is 1. The zero-order valence-electron chi connectivity index (χ0n) is 12.4. The summed E-state index contributed by atoms with van der Waals surface area (Å²) >= 11 is 0. The first-order valence-electron chi connectivity index (χ1n) is 6.38. The van der Waals surface area contributed by atoms with Crippen LogP contribution in [0, 0.1) is 13.8 Å². The SMILES string of the molecule is COc1ccc(NC(=O)c2c(C)ncnc2C)cc1OC. The Morgan fingerprint density at radius 3 is 2.24 bits per heavy atom. The molecule has 0 radical (unpaired) electrons. The summed E-state index contributed by atoms with van der Waals surface area (Å²) < 4.78 is 10.4. The van der Waals surface area contributed by atoms with E-state index in [1.165, 1.54) is 6.33 Å². The van der Waals surface area contributed by atoms with Crippen molar-refractivity contribution in [2.24, 2.45) is 0 Å². The minimum absolute atomic E-state index is 0.252. The minimum atomic E-state index is -0.252. The summed E-state index contributed by atoms with van der Waals surface area (Å²) in [6.07, 6.45) is 1.44. The summed E-state index contributed by atoms with van der Waals surface area (Å²) in [5.74, 6) is 0.900. The third-order valence-electron chi connectivity index (χ3n) is 3.09. The highest BCUT2D eigenvalue weighted by Gasteiger charge is 2.15. The molecule has 0 aliphatic heterocycles. The second-order valence-corrected chi connectivity index (χ2v) is 4.44. The van der Waals surface area contributed by atoms with Crippen LogP contribution in [0.15, 0.2) is 24.5 Å². The highest BCUT2D eigenvalue weighted by atomic mass is 16.5. The maximum Gasteiger partial charge on any atom is 0.259 e. The number of hydrogen-bond acceptors (Lipinski definition) is 5. The summed E-state index contributed by atoms with van der Waals surface area (Å²) in [6.45, 7) is 3.55. The van der Waals surface area contributed by atoms with Gasteiger partial charge in [0.25, 0.3) is 5.91 Å². The van der Waals surface area contributed by atoms with Gasteiger partial charge in [-0.1, -0.05) is 0 Å². The Balaban J connectivity index is 2.28. The first-order valence-corrected chi connectivity index (χ1v) is 6.38. The normalized spacial score (nSPS) is 10.1. The van der Waals surface area contributed by atoms with Crippen LogP contribution < -0.4 is 14.8 Å². The molecule has 1 N–H and O–H groups in total. The number of aryl methyl sites for hydroxylation is 2. The smallest absolute Gasteiger partial charge is 0.259 e. The second kappa shape index (κ2) is 6.21. The van der Waals surface area contributed by atoms with Crippen LogP contribution in [0.25, 0.3) is 0 Å². The average Bonchev–Trinajstić information content (AvgIpc) is 2.46. The number of methoxy groups -OCH3 is 2. The summed E-state index contributed by atoms with van der Waals surface area (Å²) in [5, 5.41) is 2.81. The lowest BCUT2D eigenvalue weighted by Crippen LogP contribution is -2.16. The van der Waals surface area contributed by atoms with Gasteiger partial charge in [0.2, 0.25) is 0 Å². The molecule has 0 spiro atoms. The number of rotatable bonds is 4. The van der Waals surface area contributed by atoms with Crippen molar-refractivity contribution in [2.45, 2.75) is 13.8 Å². The monoisotopic (exact) mass is 287 g/mol. The third kappa shape index (κ3) is 3.10. The largest absolute Gasteiger partial charge is 0.493 e. The molecule has 0 aliphatic carbocycles. The van der Waals surface area contributed by atoms with Gasteiger partial charge in [0.1, 0.15) is 6.33 Å². The van der Waals surface area contributed by atoms with Crippen molar-refractivity contribution in [3.63, 3.8) is 0 Å². The van der Waals surface area contributed by atoms with Crippen molar-refractivity contribution < 1.29 is 14.3 Å². The molecule has 1 amide bonds. The Morgan fingerprint density at radius 2 is 1.67 bits per heavy atom. The fraction of sp³-hybridized carbons (Fsp3) is 0.267. The predicted octanol–water partition coefficient (Wildman–Crippen LogP) is 2.36. The van der Waals surface area contributed by atoms with Crippen molar-refractivity contribution in [1.82, 2.24) is 9.97 Å². The van der Waals surface area contributed by atoms with E-state index in [0.29, 0.717) is 34.1 Å². The van der Waals surface area contributed by atoms with E-state index in [2.05, 4.69) is 15.3 Å². The molecule has 1 aromatic carbocycles. The molecule has 1 aromatic heterocycles. The molecule has 0 bridgehead atoms. The van der Waals surface area contributed by atoms with Gasteiger partial charge < -0.3 is 14.8 Å². The molecule has 6 heteroatoms. The minimum Gasteiger partial charge on any atom is -0.493 e. The van der Waals surface area contributed by atoms with Crippen molar-refractivity contribution in [2.75, 3.05) is 19.5 Å². The number of hydrogen-bond donors (Lipinski definition) is 1. The van der Waals surface area contributed by atoms with E-state index in [-0.39, 0.29) is 5.91 Å². The van der Waals surface area contributed by atoms with Gasteiger partial charge in [-0.2, -0.15) is 0 Å². The zero-order valence-corrected chi connectivity index (χ0v) is 12.4. The van der Waals surface area contributed by atoms with Gasteiger partial charge in [-0.15, -0.1) is 0 Å². The van der Waals surface area contributed by atoms with Gasteiger partial charge in [0, 0.05) is 11.8 Å². The molecular formula is C15H17N3O3. The fourth-order valence-corrected chi connectivity index (χ4v) is 2.03. The summed E-state index contributed by atoms with van der Waals surface area (Å²) in [4.78, 5) is 20.4. The topological polar surface area (TPSA) is 73.3 Å². The van der Waals surface area contributed by atoms with Crippen LogP contribution in [0.5, 0.6) is 11.5 Å². The highest BCUT2D eigenvalue weighted by Crippen LogP contribution is 2.30. The van der Waals surface area contributed by atoms with Crippen LogP contribution in [0.1, 0.15) is 21.7 Å². The van der Waals surface area contributed by atoms with Gasteiger partial charge in [-0.3, -0.25) is 4.79 Å². The maximum atomic E-state index is 12.3. The van der Waals surface area contributed by atoms with Gasteiger partial charge in [-0.05, 0) is 26.0 Å². The number of ether oxygens (including phenoxy) is 2. The fourth-order valence-electron chi connectivity index (χ4n) is 2.03. The van der Waals surface area contributed by atoms with Crippen molar-refractivity contribution in [1.29, 1.82) is 0 Å². The number of nitrogens with one attached hydrogen (secondary N) is 1. The van der Waals surface area contributed by atoms with E-state index in [4.69, 9.17) is 9.47 Å². The standard InChI is InChI=1S/C15H17N3O3/c1-9-14(10(2)17-8-16-9)15(19)18-11-5-6-12(20-3)13(7-11)21-4/h5-8H,1-4H3,(H,18,19). The molecule has 0 unspecified atom stereocenters. The molecule has 0 saturated heterocycles. The first kappa shape index (κ1) is 14.8. The molecule has 2 aromatic rings. The van der Waals surface area contributed by atoms with Crippen molar-refractivity contribution in [3.05, 3.63) is 41.5 Å². The van der Waals surface area contributed by atoms with E-state index < -0.39 is 0 Å². The van der Waals surface area contributed by atoms with Crippen LogP contribution in [0.2, 0.25) is 0 Å². The molecular weight excluding hydrogens is 270 g/mol. The maximum absolute atomic E-state index is 12.3. The van der Waals surface area contributed by atoms with Crippen molar-refractivity contribution >= 4 is 11.6 Å². The number of nitrogens with zero attached hydrogens (tertiary/aromatic N) is 2. The second-order valence-electron chi connectivity index (χ2n) is 4.44. The molecule has 1 heterocycles. The van der Waals surface area contributed by atoms with Crippen LogP contribution >= 0.6 is 0 Å². The third-order valence-corrected chi connectivity index (χ3v) is 3.09. The molecule has 0 saturated carbocycles. The summed E-state index contributed by atoms with van der Waals surface area (Å²) in [5.41, 5.74) is 2.37.